The molecule has 2 rings (SSSR count). The maximum atomic E-state index is 12.3. The zero-order valence-corrected chi connectivity index (χ0v) is 12.5. The maximum Gasteiger partial charge on any atom is 0.319 e. The molecule has 6 nitrogen and oxygen atoms in total. The van der Waals surface area contributed by atoms with Crippen molar-refractivity contribution in [2.24, 2.45) is 5.41 Å². The molecule has 1 aromatic rings. The van der Waals surface area contributed by atoms with E-state index >= 15 is 0 Å². The van der Waals surface area contributed by atoms with Crippen molar-refractivity contribution in [1.82, 2.24) is 0 Å². The molecular formula is C14H16ClNO5. The number of halogens is 1. The summed E-state index contributed by atoms with van der Waals surface area (Å²) in [5.74, 6) is -0.949. The van der Waals surface area contributed by atoms with Crippen molar-refractivity contribution in [2.75, 3.05) is 19.5 Å². The Bertz CT molecular complexity index is 583. The molecule has 0 radical (unpaired) electrons. The lowest BCUT2D eigenvalue weighted by molar-refractivity contribution is -0.159. The van der Waals surface area contributed by atoms with E-state index in [1.807, 2.05) is 0 Å². The molecule has 0 atom stereocenters. The molecule has 7 heteroatoms. The Labute approximate surface area is 127 Å². The Morgan fingerprint density at radius 2 is 1.86 bits per heavy atom. The standard InChI is InChI=1S/C14H16ClNO5/c1-20-10-7-9(11(21-2)6-8(10)15)16-12(17)14(13(18)19)4-3-5-14/h6-7H,3-5H2,1-2H3,(H,16,17)(H,18,19). The van der Waals surface area contributed by atoms with E-state index in [9.17, 15) is 14.7 Å². The Morgan fingerprint density at radius 3 is 2.29 bits per heavy atom. The summed E-state index contributed by atoms with van der Waals surface area (Å²) in [5, 5.41) is 12.2. The average Bonchev–Trinajstić information content (AvgIpc) is 2.38. The van der Waals surface area contributed by atoms with Crippen LogP contribution in [0.15, 0.2) is 12.1 Å². The highest BCUT2D eigenvalue weighted by atomic mass is 35.5. The lowest BCUT2D eigenvalue weighted by Crippen LogP contribution is -2.48. The molecule has 1 aromatic carbocycles. The first kappa shape index (κ1) is 15.4. The fourth-order valence-electron chi connectivity index (χ4n) is 2.27. The van der Waals surface area contributed by atoms with Gasteiger partial charge in [0.25, 0.3) is 0 Å². The third-order valence-corrected chi connectivity index (χ3v) is 4.07. The molecule has 1 aliphatic carbocycles. The monoisotopic (exact) mass is 313 g/mol. The van der Waals surface area contributed by atoms with Crippen LogP contribution in [0.2, 0.25) is 5.02 Å². The van der Waals surface area contributed by atoms with Gasteiger partial charge < -0.3 is 19.9 Å². The summed E-state index contributed by atoms with van der Waals surface area (Å²) in [6.45, 7) is 0. The molecule has 0 unspecified atom stereocenters. The lowest BCUT2D eigenvalue weighted by Gasteiger charge is -2.35. The van der Waals surface area contributed by atoms with E-state index in [0.717, 1.165) is 6.42 Å². The first-order valence-electron chi connectivity index (χ1n) is 6.41. The van der Waals surface area contributed by atoms with E-state index < -0.39 is 17.3 Å². The number of carbonyl (C=O) groups excluding carboxylic acids is 1. The third-order valence-electron chi connectivity index (χ3n) is 3.77. The van der Waals surface area contributed by atoms with Crippen molar-refractivity contribution >= 4 is 29.2 Å². The highest BCUT2D eigenvalue weighted by Gasteiger charge is 2.51. The van der Waals surface area contributed by atoms with E-state index in [-0.39, 0.29) is 0 Å². The molecule has 1 fully saturated rings. The first-order valence-corrected chi connectivity index (χ1v) is 6.79. The highest BCUT2D eigenvalue weighted by molar-refractivity contribution is 6.32. The number of aliphatic carboxylic acids is 1. The molecule has 114 valence electrons. The lowest BCUT2D eigenvalue weighted by atomic mass is 9.68. The van der Waals surface area contributed by atoms with Gasteiger partial charge in [-0.1, -0.05) is 18.0 Å². The maximum absolute atomic E-state index is 12.3. The normalized spacial score (nSPS) is 15.8. The van der Waals surface area contributed by atoms with Crippen LogP contribution in [-0.4, -0.2) is 31.2 Å². The second kappa shape index (κ2) is 5.81. The molecule has 0 saturated heterocycles. The minimum atomic E-state index is -1.35. The van der Waals surface area contributed by atoms with Crippen molar-refractivity contribution in [1.29, 1.82) is 0 Å². The SMILES string of the molecule is COc1cc(NC(=O)C2(C(=O)O)CCC2)c(OC)cc1Cl. The number of methoxy groups -OCH3 is 2. The molecule has 1 aliphatic rings. The van der Waals surface area contributed by atoms with Crippen LogP contribution in [0, 0.1) is 5.41 Å². The van der Waals surface area contributed by atoms with Crippen molar-refractivity contribution in [3.8, 4) is 11.5 Å². The summed E-state index contributed by atoms with van der Waals surface area (Å²) < 4.78 is 10.2. The number of hydrogen-bond acceptors (Lipinski definition) is 4. The number of carbonyl (C=O) groups is 2. The van der Waals surface area contributed by atoms with Gasteiger partial charge >= 0.3 is 5.97 Å². The van der Waals surface area contributed by atoms with Crippen molar-refractivity contribution in [3.05, 3.63) is 17.2 Å². The van der Waals surface area contributed by atoms with Gasteiger partial charge in [-0.2, -0.15) is 0 Å². The Hall–Kier alpha value is -1.95. The topological polar surface area (TPSA) is 84.9 Å². The third kappa shape index (κ3) is 2.63. The average molecular weight is 314 g/mol. The summed E-state index contributed by atoms with van der Waals surface area (Å²) in [7, 11) is 2.88. The number of benzene rings is 1. The van der Waals surface area contributed by atoms with Gasteiger partial charge in [0, 0.05) is 12.1 Å². The zero-order chi connectivity index (χ0) is 15.6. The quantitative estimate of drug-likeness (QED) is 0.816. The van der Waals surface area contributed by atoms with Gasteiger partial charge in [0.1, 0.15) is 16.9 Å². The van der Waals surface area contributed by atoms with Crippen molar-refractivity contribution in [2.45, 2.75) is 19.3 Å². The second-order valence-electron chi connectivity index (χ2n) is 4.88. The van der Waals surface area contributed by atoms with E-state index in [2.05, 4.69) is 5.32 Å². The minimum absolute atomic E-state index is 0.330. The molecule has 1 amide bonds. The van der Waals surface area contributed by atoms with E-state index in [4.69, 9.17) is 21.1 Å². The summed E-state index contributed by atoms with van der Waals surface area (Å²) >= 11 is 5.98. The van der Waals surface area contributed by atoms with Gasteiger partial charge in [-0.3, -0.25) is 9.59 Å². The number of ether oxygens (including phenoxy) is 2. The smallest absolute Gasteiger partial charge is 0.319 e. The number of nitrogens with one attached hydrogen (secondary N) is 1. The summed E-state index contributed by atoms with van der Waals surface area (Å²) in [5.41, 5.74) is -1.02. The predicted molar refractivity (Wildman–Crippen MR) is 77.1 cm³/mol. The molecule has 0 bridgehead atoms. The number of hydrogen-bond donors (Lipinski definition) is 2. The van der Waals surface area contributed by atoms with Crippen LogP contribution in [0.5, 0.6) is 11.5 Å². The van der Waals surface area contributed by atoms with E-state index in [1.54, 1.807) is 0 Å². The van der Waals surface area contributed by atoms with Gasteiger partial charge in [-0.25, -0.2) is 0 Å². The molecular weight excluding hydrogens is 298 g/mol. The van der Waals surface area contributed by atoms with Crippen LogP contribution in [0.25, 0.3) is 0 Å². The molecule has 0 spiro atoms. The largest absolute Gasteiger partial charge is 0.495 e. The summed E-state index contributed by atoms with van der Waals surface area (Å²) in [4.78, 5) is 23.6. The van der Waals surface area contributed by atoms with Gasteiger partial charge in [0.2, 0.25) is 5.91 Å². The molecule has 0 aromatic heterocycles. The van der Waals surface area contributed by atoms with Gasteiger partial charge in [-0.05, 0) is 12.8 Å². The second-order valence-corrected chi connectivity index (χ2v) is 5.29. The number of rotatable bonds is 5. The van der Waals surface area contributed by atoms with Crippen LogP contribution in [0.1, 0.15) is 19.3 Å². The molecule has 0 heterocycles. The van der Waals surface area contributed by atoms with E-state index in [1.165, 1.54) is 26.4 Å². The Balaban J connectivity index is 2.30. The van der Waals surface area contributed by atoms with Gasteiger partial charge in [-0.15, -0.1) is 0 Å². The Morgan fingerprint density at radius 1 is 1.24 bits per heavy atom. The summed E-state index contributed by atoms with van der Waals surface area (Å²) in [6, 6.07) is 3.01. The van der Waals surface area contributed by atoms with Crippen LogP contribution in [0.3, 0.4) is 0 Å². The van der Waals surface area contributed by atoms with Crippen molar-refractivity contribution in [3.63, 3.8) is 0 Å². The highest BCUT2D eigenvalue weighted by Crippen LogP contribution is 2.43. The molecule has 1 saturated carbocycles. The predicted octanol–water partition coefficient (Wildman–Crippen LogP) is 2.55. The van der Waals surface area contributed by atoms with Gasteiger partial charge in [0.15, 0.2) is 0 Å². The number of anilines is 1. The number of carboxylic acid groups (broad SMARTS) is 1. The summed E-state index contributed by atoms with van der Waals surface area (Å²) in [6.07, 6.45) is 1.39. The first-order chi connectivity index (χ1) is 9.94. The Kier molecular flexibility index (Phi) is 4.27. The van der Waals surface area contributed by atoms with Crippen LogP contribution in [0.4, 0.5) is 5.69 Å². The van der Waals surface area contributed by atoms with Gasteiger partial charge in [0.05, 0.1) is 24.9 Å². The number of amides is 1. The van der Waals surface area contributed by atoms with E-state index in [0.29, 0.717) is 35.1 Å². The fraction of sp³-hybridized carbons (Fsp3) is 0.429. The number of carboxylic acids is 1. The molecule has 0 aliphatic heterocycles. The molecule has 2 N–H and O–H groups in total. The fourth-order valence-corrected chi connectivity index (χ4v) is 2.50. The van der Waals surface area contributed by atoms with Crippen LogP contribution in [-0.2, 0) is 9.59 Å². The van der Waals surface area contributed by atoms with Crippen LogP contribution >= 0.6 is 11.6 Å². The minimum Gasteiger partial charge on any atom is -0.495 e. The van der Waals surface area contributed by atoms with Crippen molar-refractivity contribution < 1.29 is 24.2 Å². The zero-order valence-electron chi connectivity index (χ0n) is 11.7. The van der Waals surface area contributed by atoms with Crippen LogP contribution < -0.4 is 14.8 Å². The molecule has 21 heavy (non-hydrogen) atoms.